The van der Waals surface area contributed by atoms with E-state index in [0.717, 1.165) is 46.5 Å². The van der Waals surface area contributed by atoms with E-state index >= 15 is 0 Å². The van der Waals surface area contributed by atoms with Gasteiger partial charge in [0.2, 0.25) is 5.43 Å². The van der Waals surface area contributed by atoms with Crippen LogP contribution in [0.3, 0.4) is 0 Å². The summed E-state index contributed by atoms with van der Waals surface area (Å²) in [4.78, 5) is 49.3. The Kier molecular flexibility index (Phi) is 15.4. The molecule has 2 amide bonds. The minimum absolute atomic E-state index is 0.0355. The summed E-state index contributed by atoms with van der Waals surface area (Å²) in [7, 11) is 0.500. The van der Waals surface area contributed by atoms with Crippen molar-refractivity contribution in [3.63, 3.8) is 0 Å². The summed E-state index contributed by atoms with van der Waals surface area (Å²) in [6.45, 7) is 12.7. The first kappa shape index (κ1) is 41.6. The number of hydrogen-bond donors (Lipinski definition) is 2. The number of aryl methyl sites for hydroxylation is 3. The molecule has 6 rings (SSSR count). The van der Waals surface area contributed by atoms with Gasteiger partial charge in [0.15, 0.2) is 0 Å². The van der Waals surface area contributed by atoms with Crippen LogP contribution >= 0.6 is 0 Å². The Bertz CT molecular complexity index is 2190. The maximum absolute atomic E-state index is 14.5. The van der Waals surface area contributed by atoms with Crippen molar-refractivity contribution in [1.82, 2.24) is 14.9 Å². The van der Waals surface area contributed by atoms with Crippen LogP contribution in [0.4, 0.5) is 34.1 Å². The quantitative estimate of drug-likeness (QED) is 0.0876. The van der Waals surface area contributed by atoms with Gasteiger partial charge in [-0.2, -0.15) is 0 Å². The number of carbonyl (C=O) groups excluding carboxylic acids is 2. The Morgan fingerprint density at radius 2 is 1.49 bits per heavy atom. The minimum atomic E-state index is -0.469. The average molecular weight is 736 g/mol. The van der Waals surface area contributed by atoms with E-state index in [1.165, 1.54) is 0 Å². The third-order valence-electron chi connectivity index (χ3n) is 8.88. The molecule has 0 radical (unpaired) electrons. The highest BCUT2D eigenvalue weighted by Gasteiger charge is 2.29. The van der Waals surface area contributed by atoms with Gasteiger partial charge in [-0.05, 0) is 82.1 Å². The lowest BCUT2D eigenvalue weighted by atomic mass is 9.95. The molecule has 13 heteroatoms. The number of amides is 2. The largest absolute Gasteiger partial charge is 0.372 e. The highest BCUT2D eigenvalue weighted by molar-refractivity contribution is 6.16. The number of anilines is 2. The van der Waals surface area contributed by atoms with Gasteiger partial charge in [-0.25, -0.2) is 4.98 Å². The Balaban J connectivity index is 0.00000120. The number of hydrogen-bond acceptors (Lipinski definition) is 5. The Hall–Kier alpha value is -5.85. The summed E-state index contributed by atoms with van der Waals surface area (Å²) in [5.41, 5.74) is 7.24. The SMILES string of the molecule is CCN(CC)c1ccc2nc3c4c(NC(=O)c5ccccc5)cccc4c(=O)c(C(=O)NCc4ccc(C)cc4C)c-3n(CC)c2c1.CF.FF.FF. The number of nitrogens with zero attached hydrogens (tertiary/aromatic N) is 3. The van der Waals surface area contributed by atoms with Gasteiger partial charge < -0.3 is 20.1 Å². The minimum Gasteiger partial charge on any atom is -0.372 e. The zero-order valence-electron chi connectivity index (χ0n) is 30.4. The van der Waals surface area contributed by atoms with Crippen LogP contribution in [0.5, 0.6) is 0 Å². The summed E-state index contributed by atoms with van der Waals surface area (Å²) in [6.07, 6.45) is 0. The van der Waals surface area contributed by atoms with Crippen molar-refractivity contribution < 1.29 is 32.3 Å². The van der Waals surface area contributed by atoms with Gasteiger partial charge in [-0.3, -0.25) is 18.8 Å². The van der Waals surface area contributed by atoms with Gasteiger partial charge in [0, 0.05) is 66.5 Å². The summed E-state index contributed by atoms with van der Waals surface area (Å²) in [6, 6.07) is 26.3. The van der Waals surface area contributed by atoms with Crippen molar-refractivity contribution in [3.05, 3.63) is 123 Å². The molecule has 0 saturated heterocycles. The summed E-state index contributed by atoms with van der Waals surface area (Å²) < 4.78 is 43.5. The lowest BCUT2D eigenvalue weighted by Gasteiger charge is -2.25. The molecule has 0 aromatic heterocycles. The van der Waals surface area contributed by atoms with Crippen LogP contribution in [0.1, 0.15) is 58.2 Å². The van der Waals surface area contributed by atoms with E-state index in [1.54, 1.807) is 42.5 Å². The van der Waals surface area contributed by atoms with Gasteiger partial charge in [-0.1, -0.05) is 54.1 Å². The average Bonchev–Trinajstić information content (AvgIpc) is 3.20. The van der Waals surface area contributed by atoms with Crippen LogP contribution in [-0.4, -0.2) is 41.6 Å². The molecule has 0 spiro atoms. The van der Waals surface area contributed by atoms with E-state index in [-0.39, 0.29) is 18.0 Å². The topological polar surface area (TPSA) is 96.3 Å². The standard InChI is InChI=1S/C39H39N5O3.CH3F.2F2/c1-6-43(7-2)28-19-20-30-32(22-28)44(8-3)36-34(39(47)40-23-27-18-17-24(4)21-25(27)5)37(45)29-15-12-16-31(33(29)35(36)41-30)42-38(46)26-13-10-9-11-14-26;3*1-2/h9-22H,6-8,23H2,1-5H3,(H,40,47)(H,42,46);1H3;;. The predicted molar refractivity (Wildman–Crippen MR) is 202 cm³/mol. The van der Waals surface area contributed by atoms with Crippen LogP contribution < -0.4 is 21.0 Å². The smallest absolute Gasteiger partial charge is 0.257 e. The third kappa shape index (κ3) is 8.79. The predicted octanol–water partition coefficient (Wildman–Crippen LogP) is 9.59. The molecular formula is C40H42F5N5O3. The molecule has 280 valence electrons. The number of benzene rings is 5. The molecule has 2 aliphatic rings. The molecule has 0 fully saturated rings. The van der Waals surface area contributed by atoms with Gasteiger partial charge >= 0.3 is 0 Å². The normalized spacial score (nSPS) is 10.3. The number of halogens is 5. The van der Waals surface area contributed by atoms with Crippen LogP contribution in [0.25, 0.3) is 33.2 Å². The van der Waals surface area contributed by atoms with E-state index < -0.39 is 11.3 Å². The van der Waals surface area contributed by atoms with Crippen LogP contribution in [0.2, 0.25) is 0 Å². The summed E-state index contributed by atoms with van der Waals surface area (Å²) >= 11 is 0. The first-order chi connectivity index (χ1) is 25.7. The number of nitrogens with one attached hydrogen (secondary N) is 2. The molecule has 2 N–H and O–H groups in total. The second-order valence-electron chi connectivity index (χ2n) is 11.8. The molecule has 1 aliphatic carbocycles. The summed E-state index contributed by atoms with van der Waals surface area (Å²) in [5.74, 6) is -0.772. The number of alkyl halides is 1. The van der Waals surface area contributed by atoms with Gasteiger partial charge in [0.25, 0.3) is 11.8 Å². The van der Waals surface area contributed by atoms with Crippen LogP contribution in [0.15, 0.2) is 89.7 Å². The number of fused-ring (bicyclic) bond motifs is 4. The van der Waals surface area contributed by atoms with E-state index in [0.29, 0.717) is 47.1 Å². The lowest BCUT2D eigenvalue weighted by Crippen LogP contribution is -2.31. The number of rotatable bonds is 9. The number of carbonyl (C=O) groups is 2. The van der Waals surface area contributed by atoms with Crippen molar-refractivity contribution in [2.24, 2.45) is 0 Å². The molecule has 4 aromatic rings. The Morgan fingerprint density at radius 1 is 0.811 bits per heavy atom. The van der Waals surface area contributed by atoms with E-state index in [4.69, 9.17) is 23.3 Å². The van der Waals surface area contributed by atoms with E-state index in [1.807, 2.05) is 55.7 Å². The molecule has 0 atom stereocenters. The maximum Gasteiger partial charge on any atom is 0.257 e. The fourth-order valence-corrected chi connectivity index (χ4v) is 6.43. The van der Waals surface area contributed by atoms with Gasteiger partial charge in [-0.15, -0.1) is 0 Å². The van der Waals surface area contributed by atoms with Crippen molar-refractivity contribution in [2.75, 3.05) is 30.5 Å². The van der Waals surface area contributed by atoms with Crippen molar-refractivity contribution >= 4 is 45.0 Å². The monoisotopic (exact) mass is 735 g/mol. The van der Waals surface area contributed by atoms with Crippen LogP contribution in [-0.2, 0) is 13.1 Å². The lowest BCUT2D eigenvalue weighted by molar-refractivity contribution is 0.0949. The maximum atomic E-state index is 14.5. The fourth-order valence-electron chi connectivity index (χ4n) is 6.43. The van der Waals surface area contributed by atoms with Crippen molar-refractivity contribution in [3.8, 4) is 11.4 Å². The molecule has 1 aliphatic heterocycles. The Morgan fingerprint density at radius 3 is 2.11 bits per heavy atom. The van der Waals surface area contributed by atoms with Crippen molar-refractivity contribution in [1.29, 1.82) is 0 Å². The summed E-state index contributed by atoms with van der Waals surface area (Å²) in [5, 5.41) is 6.86. The highest BCUT2D eigenvalue weighted by atomic mass is 20.0. The van der Waals surface area contributed by atoms with E-state index in [2.05, 4.69) is 41.5 Å². The molecule has 0 bridgehead atoms. The van der Waals surface area contributed by atoms with Crippen molar-refractivity contribution in [2.45, 2.75) is 47.7 Å². The molecule has 8 nitrogen and oxygen atoms in total. The molecule has 4 aromatic carbocycles. The van der Waals surface area contributed by atoms with Gasteiger partial charge in [0.05, 0.1) is 35.3 Å². The molecular weight excluding hydrogens is 693 g/mol. The Labute approximate surface area is 304 Å². The zero-order chi connectivity index (χ0) is 39.2. The van der Waals surface area contributed by atoms with E-state index in [9.17, 15) is 18.8 Å². The second kappa shape index (κ2) is 19.7. The molecule has 0 unspecified atom stereocenters. The second-order valence-corrected chi connectivity index (χ2v) is 11.8. The molecule has 1 heterocycles. The van der Waals surface area contributed by atoms with Gasteiger partial charge in [0.1, 0.15) is 5.56 Å². The zero-order valence-corrected chi connectivity index (χ0v) is 30.4. The molecule has 0 saturated carbocycles. The molecule has 53 heavy (non-hydrogen) atoms. The van der Waals surface area contributed by atoms with Crippen LogP contribution in [0, 0.1) is 13.8 Å². The first-order valence-corrected chi connectivity index (χ1v) is 16.8. The first-order valence-electron chi connectivity index (χ1n) is 16.8. The fraction of sp³-hybridized carbons (Fsp3) is 0.250. The third-order valence-corrected chi connectivity index (χ3v) is 8.88. The highest BCUT2D eigenvalue weighted by Crippen LogP contribution is 2.38. The number of aromatic nitrogens is 2.